The van der Waals surface area contributed by atoms with Crippen molar-refractivity contribution in [2.24, 2.45) is 0 Å². The molecule has 0 fully saturated rings. The molecule has 1 amide bonds. The molecule has 0 saturated heterocycles. The molecule has 0 N–H and O–H groups in total. The number of aryl methyl sites for hydroxylation is 1. The van der Waals surface area contributed by atoms with E-state index in [4.69, 9.17) is 9.72 Å². The molecule has 0 atom stereocenters. The summed E-state index contributed by atoms with van der Waals surface area (Å²) in [6, 6.07) is 13.5. The zero-order valence-electron chi connectivity index (χ0n) is 16.2. The maximum atomic E-state index is 13.3. The minimum atomic E-state index is -0.00197. The van der Waals surface area contributed by atoms with Crippen molar-refractivity contribution in [2.75, 3.05) is 39.2 Å². The second-order valence-electron chi connectivity index (χ2n) is 6.76. The highest BCUT2D eigenvalue weighted by atomic mass is 32.1. The normalized spacial score (nSPS) is 11.1. The lowest BCUT2D eigenvalue weighted by Gasteiger charge is -2.21. The zero-order chi connectivity index (χ0) is 19.4. The molecule has 0 bridgehead atoms. The van der Waals surface area contributed by atoms with Gasteiger partial charge in [0.05, 0.1) is 17.3 Å². The zero-order valence-corrected chi connectivity index (χ0v) is 17.0. The lowest BCUT2D eigenvalue weighted by atomic mass is 10.1. The minimum Gasteiger partial charge on any atom is -0.497 e. The van der Waals surface area contributed by atoms with E-state index >= 15 is 0 Å². The van der Waals surface area contributed by atoms with Crippen molar-refractivity contribution in [3.63, 3.8) is 0 Å². The van der Waals surface area contributed by atoms with E-state index in [2.05, 4.69) is 4.90 Å². The summed E-state index contributed by atoms with van der Waals surface area (Å²) in [6.45, 7) is 3.51. The van der Waals surface area contributed by atoms with Gasteiger partial charge in [-0.1, -0.05) is 29.5 Å². The third-order valence-electron chi connectivity index (χ3n) is 4.42. The van der Waals surface area contributed by atoms with E-state index < -0.39 is 0 Å². The highest BCUT2D eigenvalue weighted by molar-refractivity contribution is 7.22. The molecule has 2 aromatic carbocycles. The number of benzene rings is 2. The van der Waals surface area contributed by atoms with E-state index in [1.807, 2.05) is 68.4 Å². The van der Waals surface area contributed by atoms with Crippen LogP contribution in [0.1, 0.15) is 22.3 Å². The number of nitrogens with zero attached hydrogens (tertiary/aromatic N) is 3. The maximum Gasteiger partial charge on any atom is 0.260 e. The third kappa shape index (κ3) is 4.46. The number of carbonyl (C=O) groups is 1. The van der Waals surface area contributed by atoms with Gasteiger partial charge < -0.3 is 9.64 Å². The first-order chi connectivity index (χ1) is 13.0. The number of aromatic nitrogens is 1. The van der Waals surface area contributed by atoms with Gasteiger partial charge in [0, 0.05) is 18.2 Å². The Kier molecular flexibility index (Phi) is 6.08. The second-order valence-corrected chi connectivity index (χ2v) is 7.77. The SMILES string of the molecule is COc1ccc2sc(N(CCCN(C)C)C(=O)c3ccccc3C)nc2c1. The van der Waals surface area contributed by atoms with Crippen LogP contribution in [-0.4, -0.2) is 50.1 Å². The lowest BCUT2D eigenvalue weighted by molar-refractivity contribution is 0.0985. The van der Waals surface area contributed by atoms with Gasteiger partial charge in [-0.05, 0) is 57.7 Å². The van der Waals surface area contributed by atoms with Crippen LogP contribution in [0, 0.1) is 6.92 Å². The van der Waals surface area contributed by atoms with Gasteiger partial charge in [0.15, 0.2) is 5.13 Å². The summed E-state index contributed by atoms with van der Waals surface area (Å²) in [6.07, 6.45) is 0.879. The van der Waals surface area contributed by atoms with Crippen molar-refractivity contribution in [1.82, 2.24) is 9.88 Å². The van der Waals surface area contributed by atoms with Crippen molar-refractivity contribution >= 4 is 32.6 Å². The third-order valence-corrected chi connectivity index (χ3v) is 5.48. The molecule has 1 heterocycles. The predicted molar refractivity (Wildman–Crippen MR) is 112 cm³/mol. The minimum absolute atomic E-state index is 0.00197. The van der Waals surface area contributed by atoms with E-state index in [1.54, 1.807) is 7.11 Å². The van der Waals surface area contributed by atoms with Gasteiger partial charge in [0.2, 0.25) is 0 Å². The second kappa shape index (κ2) is 8.50. The van der Waals surface area contributed by atoms with E-state index in [-0.39, 0.29) is 5.91 Å². The summed E-state index contributed by atoms with van der Waals surface area (Å²) in [5, 5.41) is 0.727. The average molecular weight is 384 g/mol. The summed E-state index contributed by atoms with van der Waals surface area (Å²) < 4.78 is 6.34. The van der Waals surface area contributed by atoms with E-state index in [0.29, 0.717) is 6.54 Å². The number of hydrogen-bond donors (Lipinski definition) is 0. The molecule has 5 nitrogen and oxygen atoms in total. The predicted octanol–water partition coefficient (Wildman–Crippen LogP) is 4.21. The molecular weight excluding hydrogens is 358 g/mol. The first kappa shape index (κ1) is 19.3. The largest absolute Gasteiger partial charge is 0.497 e. The van der Waals surface area contributed by atoms with Crippen molar-refractivity contribution in [3.05, 3.63) is 53.6 Å². The Labute approximate surface area is 164 Å². The molecular formula is C21H25N3O2S. The van der Waals surface area contributed by atoms with Gasteiger partial charge in [-0.2, -0.15) is 0 Å². The average Bonchev–Trinajstić information content (AvgIpc) is 3.07. The van der Waals surface area contributed by atoms with Gasteiger partial charge in [-0.25, -0.2) is 4.98 Å². The van der Waals surface area contributed by atoms with Gasteiger partial charge in [0.25, 0.3) is 5.91 Å². The summed E-state index contributed by atoms with van der Waals surface area (Å²) in [7, 11) is 5.72. The van der Waals surface area contributed by atoms with E-state index in [0.717, 1.165) is 45.2 Å². The van der Waals surface area contributed by atoms with E-state index in [1.165, 1.54) is 11.3 Å². The number of methoxy groups -OCH3 is 1. The molecule has 0 unspecified atom stereocenters. The smallest absolute Gasteiger partial charge is 0.260 e. The van der Waals surface area contributed by atoms with Crippen LogP contribution < -0.4 is 9.64 Å². The highest BCUT2D eigenvalue weighted by Crippen LogP contribution is 2.32. The fraction of sp³-hybridized carbons (Fsp3) is 0.333. The quantitative estimate of drug-likeness (QED) is 0.613. The topological polar surface area (TPSA) is 45.7 Å². The van der Waals surface area contributed by atoms with Crippen molar-refractivity contribution in [1.29, 1.82) is 0 Å². The van der Waals surface area contributed by atoms with Crippen LogP contribution >= 0.6 is 11.3 Å². The summed E-state index contributed by atoms with van der Waals surface area (Å²) in [5.74, 6) is 0.765. The number of fused-ring (bicyclic) bond motifs is 1. The summed E-state index contributed by atoms with van der Waals surface area (Å²) in [5.41, 5.74) is 2.55. The Bertz CT molecular complexity index is 936. The molecule has 0 spiro atoms. The molecule has 27 heavy (non-hydrogen) atoms. The van der Waals surface area contributed by atoms with Gasteiger partial charge in [0.1, 0.15) is 5.75 Å². The Morgan fingerprint density at radius 1 is 1.15 bits per heavy atom. The Hall–Kier alpha value is -2.44. The molecule has 3 rings (SSSR count). The first-order valence-electron chi connectivity index (χ1n) is 8.96. The number of carbonyl (C=O) groups excluding carboxylic acids is 1. The number of hydrogen-bond acceptors (Lipinski definition) is 5. The molecule has 0 aliphatic heterocycles. The molecule has 0 radical (unpaired) electrons. The summed E-state index contributed by atoms with van der Waals surface area (Å²) >= 11 is 1.54. The van der Waals surface area contributed by atoms with Crippen molar-refractivity contribution in [3.8, 4) is 5.75 Å². The van der Waals surface area contributed by atoms with E-state index in [9.17, 15) is 4.79 Å². The number of rotatable bonds is 7. The van der Waals surface area contributed by atoms with Crippen LogP contribution in [0.4, 0.5) is 5.13 Å². The van der Waals surface area contributed by atoms with Crippen LogP contribution in [0.15, 0.2) is 42.5 Å². The van der Waals surface area contributed by atoms with Crippen LogP contribution in [0.25, 0.3) is 10.2 Å². The first-order valence-corrected chi connectivity index (χ1v) is 9.78. The Balaban J connectivity index is 1.96. The summed E-state index contributed by atoms with van der Waals surface area (Å²) in [4.78, 5) is 22.0. The molecule has 3 aromatic rings. The number of amides is 1. The standard InChI is InChI=1S/C21H25N3O2S/c1-15-8-5-6-9-17(15)20(25)24(13-7-12-23(2)3)21-22-18-14-16(26-4)10-11-19(18)27-21/h5-6,8-11,14H,7,12-13H2,1-4H3. The van der Waals surface area contributed by atoms with Crippen molar-refractivity contribution in [2.45, 2.75) is 13.3 Å². The van der Waals surface area contributed by atoms with Crippen LogP contribution in [-0.2, 0) is 0 Å². The molecule has 1 aromatic heterocycles. The molecule has 0 aliphatic rings. The monoisotopic (exact) mass is 383 g/mol. The number of ether oxygens (including phenoxy) is 1. The highest BCUT2D eigenvalue weighted by Gasteiger charge is 2.22. The van der Waals surface area contributed by atoms with Crippen LogP contribution in [0.5, 0.6) is 5.75 Å². The molecule has 0 saturated carbocycles. The van der Waals surface area contributed by atoms with Gasteiger partial charge >= 0.3 is 0 Å². The number of thiazole rings is 1. The lowest BCUT2D eigenvalue weighted by Crippen LogP contribution is -2.33. The fourth-order valence-electron chi connectivity index (χ4n) is 2.92. The maximum absolute atomic E-state index is 13.3. The van der Waals surface area contributed by atoms with Crippen LogP contribution in [0.3, 0.4) is 0 Å². The van der Waals surface area contributed by atoms with Gasteiger partial charge in [-0.15, -0.1) is 0 Å². The molecule has 142 valence electrons. The molecule has 6 heteroatoms. The van der Waals surface area contributed by atoms with Gasteiger partial charge in [-0.3, -0.25) is 9.69 Å². The number of anilines is 1. The van der Waals surface area contributed by atoms with Crippen LogP contribution in [0.2, 0.25) is 0 Å². The Morgan fingerprint density at radius 2 is 1.93 bits per heavy atom. The van der Waals surface area contributed by atoms with Crippen molar-refractivity contribution < 1.29 is 9.53 Å². The Morgan fingerprint density at radius 3 is 2.63 bits per heavy atom. The molecule has 0 aliphatic carbocycles. The fourth-order valence-corrected chi connectivity index (χ4v) is 3.90.